The maximum absolute atomic E-state index is 12.1. The van der Waals surface area contributed by atoms with Crippen molar-refractivity contribution in [2.24, 2.45) is 5.41 Å². The number of carbonyl (C=O) groups is 2. The van der Waals surface area contributed by atoms with Crippen LogP contribution in [0.4, 0.5) is 0 Å². The standard InChI is InChI=1S/C27H25NO8/c1-15(29)27(2)20(25(26(32)33)28-22(27)12-23(28)30)14-35-18-7-3-16(4-8-18)13-34-19-9-5-17-6-10-24(31)36-21(17)11-19/h3-11,15,22,29H,12-14H2,1-2H3,(H,32,33)/t15?,22?,27-/m1/s1. The molecule has 1 saturated heterocycles. The van der Waals surface area contributed by atoms with Crippen LogP contribution < -0.4 is 15.1 Å². The van der Waals surface area contributed by atoms with Crippen LogP contribution in [0.3, 0.4) is 0 Å². The van der Waals surface area contributed by atoms with Crippen molar-refractivity contribution < 1.29 is 33.7 Å². The van der Waals surface area contributed by atoms with E-state index in [4.69, 9.17) is 13.9 Å². The highest BCUT2D eigenvalue weighted by Crippen LogP contribution is 2.52. The first-order valence-corrected chi connectivity index (χ1v) is 11.5. The lowest BCUT2D eigenvalue weighted by Crippen LogP contribution is -2.58. The highest BCUT2D eigenvalue weighted by molar-refractivity contribution is 5.99. The quantitative estimate of drug-likeness (QED) is 0.364. The van der Waals surface area contributed by atoms with E-state index >= 15 is 0 Å². The molecule has 3 heterocycles. The molecule has 186 valence electrons. The van der Waals surface area contributed by atoms with Crippen LogP contribution in [-0.4, -0.2) is 45.7 Å². The van der Waals surface area contributed by atoms with E-state index in [0.29, 0.717) is 22.7 Å². The number of aliphatic hydroxyl groups is 1. The number of rotatable bonds is 8. The monoisotopic (exact) mass is 491 g/mol. The van der Waals surface area contributed by atoms with Gasteiger partial charge in [0.2, 0.25) is 5.91 Å². The van der Waals surface area contributed by atoms with Crippen molar-refractivity contribution in [2.75, 3.05) is 6.61 Å². The van der Waals surface area contributed by atoms with Gasteiger partial charge < -0.3 is 29.0 Å². The number of carbonyl (C=O) groups excluding carboxylic acids is 1. The van der Waals surface area contributed by atoms with Gasteiger partial charge in [0.05, 0.1) is 12.1 Å². The van der Waals surface area contributed by atoms with Crippen LogP contribution in [0.1, 0.15) is 25.8 Å². The summed E-state index contributed by atoms with van der Waals surface area (Å²) in [6.45, 7) is 3.58. The van der Waals surface area contributed by atoms with Crippen molar-refractivity contribution in [2.45, 2.75) is 39.0 Å². The zero-order valence-electron chi connectivity index (χ0n) is 19.8. The highest BCUT2D eigenvalue weighted by atomic mass is 16.5. The van der Waals surface area contributed by atoms with Gasteiger partial charge in [-0.3, -0.25) is 4.79 Å². The molecule has 2 aliphatic rings. The summed E-state index contributed by atoms with van der Waals surface area (Å²) in [5.41, 5.74) is 0.276. The maximum atomic E-state index is 12.1. The van der Waals surface area contributed by atoms with Crippen LogP contribution in [0.2, 0.25) is 0 Å². The first-order valence-electron chi connectivity index (χ1n) is 11.5. The molecule has 0 radical (unpaired) electrons. The summed E-state index contributed by atoms with van der Waals surface area (Å²) in [4.78, 5) is 36.8. The van der Waals surface area contributed by atoms with Crippen LogP contribution in [0, 0.1) is 5.41 Å². The molecule has 36 heavy (non-hydrogen) atoms. The second-order valence-electron chi connectivity index (χ2n) is 9.25. The SMILES string of the molecule is CC(O)[C@]1(C)C(COc2ccc(COc3ccc4ccc(=O)oc4c3)cc2)=C(C(=O)O)N2C(=O)CC21. The molecule has 3 atom stereocenters. The molecule has 9 heteroatoms. The van der Waals surface area contributed by atoms with Crippen LogP contribution in [0.5, 0.6) is 11.5 Å². The summed E-state index contributed by atoms with van der Waals surface area (Å²) in [6, 6.07) is 15.1. The number of benzene rings is 2. The molecule has 1 aromatic heterocycles. The lowest BCUT2D eigenvalue weighted by atomic mass is 9.70. The average Bonchev–Trinajstić information content (AvgIpc) is 3.06. The number of nitrogens with zero attached hydrogens (tertiary/aromatic N) is 1. The number of β-lactam (4-membered cyclic amide) rings is 1. The zero-order chi connectivity index (χ0) is 25.6. The fourth-order valence-electron chi connectivity index (χ4n) is 4.90. The normalized spacial score (nSPS) is 21.8. The minimum absolute atomic E-state index is 0.0680. The molecule has 9 nitrogen and oxygen atoms in total. The Morgan fingerprint density at radius 2 is 1.75 bits per heavy atom. The molecular formula is C27H25NO8. The number of carboxylic acid groups (broad SMARTS) is 1. The summed E-state index contributed by atoms with van der Waals surface area (Å²) >= 11 is 0. The van der Waals surface area contributed by atoms with E-state index in [1.165, 1.54) is 11.0 Å². The van der Waals surface area contributed by atoms with Crippen molar-refractivity contribution >= 4 is 22.8 Å². The van der Waals surface area contributed by atoms with Gasteiger partial charge in [-0.1, -0.05) is 19.1 Å². The van der Waals surface area contributed by atoms with E-state index in [1.807, 2.05) is 18.2 Å². The molecule has 0 bridgehead atoms. The molecule has 0 aliphatic carbocycles. The fraction of sp³-hybridized carbons (Fsp3) is 0.296. The Kier molecular flexibility index (Phi) is 5.80. The van der Waals surface area contributed by atoms with Crippen LogP contribution in [0.15, 0.2) is 75.1 Å². The number of aliphatic hydroxyl groups excluding tert-OH is 1. The Morgan fingerprint density at radius 3 is 2.42 bits per heavy atom. The Morgan fingerprint density at radius 1 is 1.08 bits per heavy atom. The number of aliphatic carboxylic acids is 1. The average molecular weight is 491 g/mol. The van der Waals surface area contributed by atoms with Gasteiger partial charge in [-0.15, -0.1) is 0 Å². The van der Waals surface area contributed by atoms with Crippen molar-refractivity contribution in [1.82, 2.24) is 4.90 Å². The summed E-state index contributed by atoms with van der Waals surface area (Å²) in [6.07, 6.45) is -0.670. The Hall–Kier alpha value is -4.11. The molecular weight excluding hydrogens is 466 g/mol. The van der Waals surface area contributed by atoms with Gasteiger partial charge >= 0.3 is 11.6 Å². The number of fused-ring (bicyclic) bond motifs is 2. The molecule has 2 N–H and O–H groups in total. The van der Waals surface area contributed by atoms with Gasteiger partial charge in [-0.25, -0.2) is 9.59 Å². The van der Waals surface area contributed by atoms with Gasteiger partial charge in [0, 0.05) is 34.9 Å². The van der Waals surface area contributed by atoms with Crippen molar-refractivity contribution in [3.8, 4) is 11.5 Å². The molecule has 2 unspecified atom stereocenters. The molecule has 0 saturated carbocycles. The Labute approximate surface area is 206 Å². The second kappa shape index (κ2) is 8.83. The van der Waals surface area contributed by atoms with Crippen molar-refractivity contribution in [3.05, 3.63) is 81.9 Å². The summed E-state index contributed by atoms with van der Waals surface area (Å²) in [5, 5.41) is 21.1. The number of hydrogen-bond donors (Lipinski definition) is 2. The van der Waals surface area contributed by atoms with Crippen LogP contribution >= 0.6 is 0 Å². The molecule has 0 spiro atoms. The van der Waals surface area contributed by atoms with E-state index in [2.05, 4.69) is 0 Å². The molecule has 5 rings (SSSR count). The third-order valence-electron chi connectivity index (χ3n) is 7.19. The number of ether oxygens (including phenoxy) is 2. The fourth-order valence-corrected chi connectivity index (χ4v) is 4.90. The highest BCUT2D eigenvalue weighted by Gasteiger charge is 2.61. The molecule has 1 fully saturated rings. The van der Waals surface area contributed by atoms with Gasteiger partial charge in [0.25, 0.3) is 0 Å². The van der Waals surface area contributed by atoms with E-state index in [-0.39, 0.29) is 31.2 Å². The molecule has 1 amide bonds. The first-order chi connectivity index (χ1) is 17.2. The zero-order valence-corrected chi connectivity index (χ0v) is 19.8. The predicted molar refractivity (Wildman–Crippen MR) is 128 cm³/mol. The van der Waals surface area contributed by atoms with Gasteiger partial charge in [0.15, 0.2) is 0 Å². The van der Waals surface area contributed by atoms with Crippen molar-refractivity contribution in [1.29, 1.82) is 0 Å². The van der Waals surface area contributed by atoms with Gasteiger partial charge in [0.1, 0.15) is 36.0 Å². The third kappa shape index (κ3) is 3.91. The minimum atomic E-state index is -1.21. The largest absolute Gasteiger partial charge is 0.489 e. The minimum Gasteiger partial charge on any atom is -0.489 e. The molecule has 2 aromatic carbocycles. The topological polar surface area (TPSA) is 127 Å². The molecule has 3 aromatic rings. The summed E-state index contributed by atoms with van der Waals surface area (Å²) < 4.78 is 16.9. The molecule has 2 aliphatic heterocycles. The van der Waals surface area contributed by atoms with Crippen molar-refractivity contribution in [3.63, 3.8) is 0 Å². The number of amides is 1. The van der Waals surface area contributed by atoms with Gasteiger partial charge in [-0.2, -0.15) is 0 Å². The first kappa shape index (κ1) is 23.6. The Bertz CT molecular complexity index is 1440. The predicted octanol–water partition coefficient (Wildman–Crippen LogP) is 3.09. The van der Waals surface area contributed by atoms with Gasteiger partial charge in [-0.05, 0) is 42.8 Å². The third-order valence-corrected chi connectivity index (χ3v) is 7.19. The lowest BCUT2D eigenvalue weighted by molar-refractivity contribution is -0.152. The van der Waals surface area contributed by atoms with E-state index in [0.717, 1.165) is 10.9 Å². The number of hydrogen-bond acceptors (Lipinski definition) is 7. The second-order valence-corrected chi connectivity index (χ2v) is 9.25. The number of carboxylic acids is 1. The van der Waals surface area contributed by atoms with Crippen LogP contribution in [-0.2, 0) is 16.2 Å². The van der Waals surface area contributed by atoms with E-state index < -0.39 is 29.2 Å². The summed E-state index contributed by atoms with van der Waals surface area (Å²) in [7, 11) is 0. The smallest absolute Gasteiger partial charge is 0.352 e. The van der Waals surface area contributed by atoms with E-state index in [9.17, 15) is 24.6 Å². The van der Waals surface area contributed by atoms with Crippen LogP contribution in [0.25, 0.3) is 11.0 Å². The lowest BCUT2D eigenvalue weighted by Gasteiger charge is -2.45. The Balaban J connectivity index is 1.27. The van der Waals surface area contributed by atoms with E-state index in [1.54, 1.807) is 44.2 Å². The summed E-state index contributed by atoms with van der Waals surface area (Å²) in [5.74, 6) is -0.409. The maximum Gasteiger partial charge on any atom is 0.352 e.